The number of aliphatic hydroxyl groups is 2. The van der Waals surface area contributed by atoms with Crippen LogP contribution in [0.4, 0.5) is 10.2 Å². The van der Waals surface area contributed by atoms with Crippen LogP contribution in [-0.2, 0) is 6.42 Å². The molecule has 7 nitrogen and oxygen atoms in total. The topological polar surface area (TPSA) is 96.1 Å². The SMILES string of the molecule is O[C@@H]1[C@H](O)[C@@H]2C[C@@H]2[C@H]1n1cnc2c(NCCc3cccc(F)c3)nc(C#Cc3ccc(Cl)s3)nc21. The lowest BCUT2D eigenvalue weighted by Gasteiger charge is -2.22. The highest BCUT2D eigenvalue weighted by atomic mass is 35.5. The lowest BCUT2D eigenvalue weighted by Crippen LogP contribution is -2.31. The van der Waals surface area contributed by atoms with E-state index in [1.165, 1.54) is 23.5 Å². The fourth-order valence-electron chi connectivity index (χ4n) is 4.93. The van der Waals surface area contributed by atoms with Crippen LogP contribution in [0.1, 0.15) is 28.7 Å². The summed E-state index contributed by atoms with van der Waals surface area (Å²) in [7, 11) is 0. The van der Waals surface area contributed by atoms with Gasteiger partial charge in [-0.25, -0.2) is 19.3 Å². The molecule has 2 saturated carbocycles. The number of nitrogens with one attached hydrogen (secondary N) is 1. The van der Waals surface area contributed by atoms with Crippen molar-refractivity contribution in [3.8, 4) is 11.8 Å². The highest BCUT2D eigenvalue weighted by molar-refractivity contribution is 7.16. The molecule has 0 bridgehead atoms. The molecular weight excluding hydrogens is 489 g/mol. The van der Waals surface area contributed by atoms with E-state index in [0.717, 1.165) is 16.9 Å². The van der Waals surface area contributed by atoms with E-state index < -0.39 is 12.2 Å². The number of halogens is 2. The van der Waals surface area contributed by atoms with Gasteiger partial charge in [0.1, 0.15) is 11.9 Å². The van der Waals surface area contributed by atoms with Crippen molar-refractivity contribution >= 4 is 39.9 Å². The van der Waals surface area contributed by atoms with Crippen LogP contribution in [0.5, 0.6) is 0 Å². The summed E-state index contributed by atoms with van der Waals surface area (Å²) in [6.45, 7) is 0.505. The Balaban J connectivity index is 1.35. The van der Waals surface area contributed by atoms with Crippen LogP contribution in [0.25, 0.3) is 11.2 Å². The summed E-state index contributed by atoms with van der Waals surface area (Å²) in [4.78, 5) is 14.6. The zero-order valence-electron chi connectivity index (χ0n) is 18.4. The Morgan fingerprint density at radius 1 is 1.14 bits per heavy atom. The van der Waals surface area contributed by atoms with Gasteiger partial charge in [0.2, 0.25) is 5.82 Å². The fourth-order valence-corrected chi connectivity index (χ4v) is 5.83. The fraction of sp³-hybridized carbons (Fsp3) is 0.320. The number of aromatic nitrogens is 4. The average Bonchev–Trinajstić information content (AvgIpc) is 3.20. The Morgan fingerprint density at radius 3 is 2.77 bits per heavy atom. The van der Waals surface area contributed by atoms with Crippen molar-refractivity contribution in [3.63, 3.8) is 0 Å². The molecule has 178 valence electrons. The molecule has 3 aromatic heterocycles. The third kappa shape index (κ3) is 4.28. The summed E-state index contributed by atoms with van der Waals surface area (Å²) >= 11 is 7.39. The molecule has 4 aromatic rings. The highest BCUT2D eigenvalue weighted by Crippen LogP contribution is 2.57. The highest BCUT2D eigenvalue weighted by Gasteiger charge is 2.60. The molecular formula is C25H21ClFN5O2S. The van der Waals surface area contributed by atoms with E-state index in [0.29, 0.717) is 40.1 Å². The summed E-state index contributed by atoms with van der Waals surface area (Å²) in [5.41, 5.74) is 1.97. The number of thiophene rings is 1. The maximum absolute atomic E-state index is 13.5. The van der Waals surface area contributed by atoms with Crippen LogP contribution in [-0.4, -0.2) is 48.5 Å². The van der Waals surface area contributed by atoms with Gasteiger partial charge in [-0.05, 0) is 66.3 Å². The van der Waals surface area contributed by atoms with Gasteiger partial charge < -0.3 is 20.1 Å². The van der Waals surface area contributed by atoms with E-state index in [1.807, 2.05) is 16.7 Å². The first-order chi connectivity index (χ1) is 17.0. The number of benzene rings is 1. The van der Waals surface area contributed by atoms with Crippen molar-refractivity contribution in [2.75, 3.05) is 11.9 Å². The first-order valence-corrected chi connectivity index (χ1v) is 12.5. The number of nitrogens with zero attached hydrogens (tertiary/aromatic N) is 4. The van der Waals surface area contributed by atoms with E-state index >= 15 is 0 Å². The predicted molar refractivity (Wildman–Crippen MR) is 132 cm³/mol. The lowest BCUT2D eigenvalue weighted by atomic mass is 10.1. The standard InChI is InChI=1S/C25H21ClFN5O2S/c26-18-6-4-15(35-18)5-7-19-30-24(28-9-8-13-2-1-3-14(27)10-13)20-25(31-19)32(12-29-20)21-16-11-17(16)22(33)23(21)34/h1-4,6,10,12,16-17,21-23,33-34H,8-9,11H2,(H,28,30,31)/t16-,17+,21+,22+,23-/m0/s1. The first-order valence-electron chi connectivity index (χ1n) is 11.3. The Kier molecular flexibility index (Phi) is 5.69. The first kappa shape index (κ1) is 22.4. The summed E-state index contributed by atoms with van der Waals surface area (Å²) < 4.78 is 16.0. The molecule has 0 aliphatic heterocycles. The zero-order valence-corrected chi connectivity index (χ0v) is 20.0. The van der Waals surface area contributed by atoms with Crippen molar-refractivity contribution in [1.82, 2.24) is 19.5 Å². The van der Waals surface area contributed by atoms with Gasteiger partial charge in [0.15, 0.2) is 17.0 Å². The van der Waals surface area contributed by atoms with Crippen LogP contribution in [0.15, 0.2) is 42.7 Å². The minimum absolute atomic E-state index is 0.112. The van der Waals surface area contributed by atoms with Gasteiger partial charge in [0.05, 0.1) is 27.7 Å². The normalized spacial score (nSPS) is 24.7. The molecule has 10 heteroatoms. The van der Waals surface area contributed by atoms with Crippen molar-refractivity contribution in [3.05, 3.63) is 69.1 Å². The summed E-state index contributed by atoms with van der Waals surface area (Å²) in [6.07, 6.45) is 1.50. The van der Waals surface area contributed by atoms with Gasteiger partial charge in [0, 0.05) is 6.54 Å². The third-order valence-electron chi connectivity index (χ3n) is 6.68. The molecule has 35 heavy (non-hydrogen) atoms. The van der Waals surface area contributed by atoms with Gasteiger partial charge in [-0.1, -0.05) is 23.7 Å². The Hall–Kier alpha value is -3.03. The minimum Gasteiger partial charge on any atom is -0.390 e. The van der Waals surface area contributed by atoms with Gasteiger partial charge in [-0.15, -0.1) is 11.3 Å². The quantitative estimate of drug-likeness (QED) is 0.355. The second kappa shape index (κ2) is 8.88. The third-order valence-corrected chi connectivity index (χ3v) is 7.82. The number of anilines is 1. The van der Waals surface area contributed by atoms with Crippen LogP contribution in [0.2, 0.25) is 4.34 Å². The minimum atomic E-state index is -0.877. The van der Waals surface area contributed by atoms with Gasteiger partial charge >= 0.3 is 0 Å². The van der Waals surface area contributed by atoms with Crippen LogP contribution < -0.4 is 5.32 Å². The van der Waals surface area contributed by atoms with Gasteiger partial charge in [-0.2, -0.15) is 0 Å². The smallest absolute Gasteiger partial charge is 0.209 e. The Bertz CT molecular complexity index is 1480. The second-order valence-corrected chi connectivity index (χ2v) is 10.6. The van der Waals surface area contributed by atoms with Gasteiger partial charge in [0.25, 0.3) is 0 Å². The largest absolute Gasteiger partial charge is 0.390 e. The number of rotatable bonds is 5. The van der Waals surface area contributed by atoms with Gasteiger partial charge in [-0.3, -0.25) is 0 Å². The summed E-state index contributed by atoms with van der Waals surface area (Å²) in [5.74, 6) is 6.91. The maximum Gasteiger partial charge on any atom is 0.209 e. The zero-order chi connectivity index (χ0) is 24.1. The second-order valence-electron chi connectivity index (χ2n) is 8.92. The molecule has 5 atom stereocenters. The van der Waals surface area contributed by atoms with Crippen molar-refractivity contribution in [1.29, 1.82) is 0 Å². The lowest BCUT2D eigenvalue weighted by molar-refractivity contribution is 0.00386. The van der Waals surface area contributed by atoms with E-state index in [4.69, 9.17) is 11.6 Å². The molecule has 0 spiro atoms. The molecule has 0 radical (unpaired) electrons. The molecule has 0 unspecified atom stereocenters. The number of hydrogen-bond acceptors (Lipinski definition) is 7. The monoisotopic (exact) mass is 509 g/mol. The predicted octanol–water partition coefficient (Wildman–Crippen LogP) is 3.65. The molecule has 3 heterocycles. The molecule has 0 saturated heterocycles. The summed E-state index contributed by atoms with van der Waals surface area (Å²) in [6, 6.07) is 9.81. The van der Waals surface area contributed by atoms with Crippen LogP contribution >= 0.6 is 22.9 Å². The number of hydrogen-bond donors (Lipinski definition) is 3. The van der Waals surface area contributed by atoms with E-state index in [9.17, 15) is 14.6 Å². The van der Waals surface area contributed by atoms with Crippen molar-refractivity contribution in [2.24, 2.45) is 11.8 Å². The van der Waals surface area contributed by atoms with Crippen LogP contribution in [0.3, 0.4) is 0 Å². The molecule has 2 aliphatic rings. The van der Waals surface area contributed by atoms with Crippen molar-refractivity contribution < 1.29 is 14.6 Å². The number of imidazole rings is 1. The maximum atomic E-state index is 13.5. The molecule has 2 aliphatic carbocycles. The summed E-state index contributed by atoms with van der Waals surface area (Å²) in [5, 5.41) is 24.3. The molecule has 6 rings (SSSR count). The van der Waals surface area contributed by atoms with E-state index in [2.05, 4.69) is 32.1 Å². The van der Waals surface area contributed by atoms with Crippen LogP contribution in [0, 0.1) is 29.5 Å². The molecule has 0 amide bonds. The molecule has 3 N–H and O–H groups in total. The Labute approximate surface area is 209 Å². The molecule has 2 fully saturated rings. The number of aliphatic hydroxyl groups excluding tert-OH is 2. The van der Waals surface area contributed by atoms with E-state index in [1.54, 1.807) is 18.5 Å². The molecule has 1 aromatic carbocycles. The van der Waals surface area contributed by atoms with Crippen molar-refractivity contribution in [2.45, 2.75) is 31.1 Å². The average molecular weight is 510 g/mol. The number of fused-ring (bicyclic) bond motifs is 2. The Morgan fingerprint density at radius 2 is 2.03 bits per heavy atom. The van der Waals surface area contributed by atoms with E-state index in [-0.39, 0.29) is 23.7 Å².